The first-order valence-electron chi connectivity index (χ1n) is 7.83. The van der Waals surface area contributed by atoms with E-state index in [0.717, 1.165) is 16.5 Å². The molecule has 0 bridgehead atoms. The van der Waals surface area contributed by atoms with Gasteiger partial charge >= 0.3 is 5.69 Å². The highest BCUT2D eigenvalue weighted by molar-refractivity contribution is 6.26. The van der Waals surface area contributed by atoms with Crippen molar-refractivity contribution in [3.05, 3.63) is 58.3 Å². The number of nitrogens with one attached hydrogen (secondary N) is 3. The molecule has 0 spiro atoms. The first-order valence-corrected chi connectivity index (χ1v) is 7.83. The summed E-state index contributed by atoms with van der Waals surface area (Å²) in [4.78, 5) is 40.2. The predicted octanol–water partition coefficient (Wildman–Crippen LogP) is 0.916. The predicted molar refractivity (Wildman–Crippen MR) is 91.3 cm³/mol. The molecule has 4 rings (SSSR count). The molecule has 0 saturated carbocycles. The average Bonchev–Trinajstić information content (AvgIpc) is 3.16. The molecule has 25 heavy (non-hydrogen) atoms. The number of carbonyl (C=O) groups excluding carboxylic acids is 2. The van der Waals surface area contributed by atoms with Gasteiger partial charge in [0.05, 0.1) is 12.2 Å². The Bertz CT molecular complexity index is 1050. The van der Waals surface area contributed by atoms with Crippen molar-refractivity contribution in [1.29, 1.82) is 0 Å². The Morgan fingerprint density at radius 2 is 2.00 bits per heavy atom. The molecule has 2 heterocycles. The summed E-state index contributed by atoms with van der Waals surface area (Å²) in [6.07, 6.45) is 0. The maximum absolute atomic E-state index is 12.8. The summed E-state index contributed by atoms with van der Waals surface area (Å²) < 4.78 is 0. The number of nitrogens with zero attached hydrogens (tertiary/aromatic N) is 2. The minimum absolute atomic E-state index is 0.0705. The van der Waals surface area contributed by atoms with Crippen molar-refractivity contribution in [3.63, 3.8) is 0 Å². The topological polar surface area (TPSA) is 111 Å². The highest BCUT2D eigenvalue weighted by Gasteiger charge is 2.35. The van der Waals surface area contributed by atoms with Crippen molar-refractivity contribution in [2.45, 2.75) is 19.5 Å². The van der Waals surface area contributed by atoms with Gasteiger partial charge in [-0.2, -0.15) is 5.10 Å². The number of hydrogen-bond donors (Lipinski definition) is 3. The smallest absolute Gasteiger partial charge is 0.340 e. The number of amides is 2. The van der Waals surface area contributed by atoms with E-state index in [2.05, 4.69) is 20.5 Å². The van der Waals surface area contributed by atoms with Crippen molar-refractivity contribution in [2.75, 3.05) is 4.90 Å². The van der Waals surface area contributed by atoms with Crippen LogP contribution in [0.1, 0.15) is 23.1 Å². The lowest BCUT2D eigenvalue weighted by atomic mass is 10.1. The largest absolute Gasteiger partial charge is 0.347 e. The second kappa shape index (κ2) is 5.59. The first kappa shape index (κ1) is 15.1. The van der Waals surface area contributed by atoms with Crippen LogP contribution in [0, 0.1) is 0 Å². The molecule has 8 heteroatoms. The lowest BCUT2D eigenvalue weighted by molar-refractivity contribution is -0.122. The van der Waals surface area contributed by atoms with Crippen LogP contribution in [0.4, 0.5) is 5.69 Å². The first-order chi connectivity index (χ1) is 12.1. The van der Waals surface area contributed by atoms with E-state index in [4.69, 9.17) is 0 Å². The van der Waals surface area contributed by atoms with Gasteiger partial charge in [-0.1, -0.05) is 24.3 Å². The van der Waals surface area contributed by atoms with Gasteiger partial charge in [0.1, 0.15) is 11.9 Å². The molecule has 0 saturated heterocycles. The molecule has 0 fully saturated rings. The van der Waals surface area contributed by atoms with Crippen molar-refractivity contribution >= 4 is 28.3 Å². The minimum Gasteiger partial charge on any atom is -0.347 e. The summed E-state index contributed by atoms with van der Waals surface area (Å²) in [6.45, 7) is 1.74. The number of hydrogen-bond acceptors (Lipinski definition) is 4. The number of aromatic amines is 2. The van der Waals surface area contributed by atoms with Gasteiger partial charge in [-0.3, -0.25) is 19.5 Å². The zero-order valence-electron chi connectivity index (χ0n) is 13.4. The fourth-order valence-electron chi connectivity index (χ4n) is 3.15. The monoisotopic (exact) mass is 337 g/mol. The summed E-state index contributed by atoms with van der Waals surface area (Å²) in [5.41, 5.74) is 0.896. The van der Waals surface area contributed by atoms with Crippen LogP contribution in [0.25, 0.3) is 10.8 Å². The highest BCUT2D eigenvalue weighted by Crippen LogP contribution is 2.38. The molecule has 126 valence electrons. The van der Waals surface area contributed by atoms with E-state index in [-0.39, 0.29) is 18.4 Å². The molecule has 0 radical (unpaired) electrons. The fraction of sp³-hybridized carbons (Fsp3) is 0.176. The standard InChI is InChI=1S/C17H15N5O3/c1-9(15(23)18-8-13-19-17(25)21-20-13)22-12-7-3-5-10-4-2-6-11(14(10)12)16(22)24/h2-7,9H,8H2,1H3,(H,18,23)(H2,19,20,21,25)/t9-/m1/s1. The number of H-pyrrole nitrogens is 2. The number of benzene rings is 2. The van der Waals surface area contributed by atoms with Crippen molar-refractivity contribution < 1.29 is 9.59 Å². The quantitative estimate of drug-likeness (QED) is 0.657. The van der Waals surface area contributed by atoms with Crippen LogP contribution in [-0.4, -0.2) is 33.0 Å². The summed E-state index contributed by atoms with van der Waals surface area (Å²) in [7, 11) is 0. The van der Waals surface area contributed by atoms with E-state index >= 15 is 0 Å². The van der Waals surface area contributed by atoms with Crippen LogP contribution in [-0.2, 0) is 11.3 Å². The molecule has 2 amide bonds. The Balaban J connectivity index is 1.59. The molecule has 1 aliphatic rings. The van der Waals surface area contributed by atoms with E-state index < -0.39 is 11.7 Å². The summed E-state index contributed by atoms with van der Waals surface area (Å²) in [5.74, 6) is -0.201. The van der Waals surface area contributed by atoms with Gasteiger partial charge in [0, 0.05) is 10.9 Å². The van der Waals surface area contributed by atoms with Crippen LogP contribution in [0.2, 0.25) is 0 Å². The van der Waals surface area contributed by atoms with Crippen LogP contribution < -0.4 is 15.9 Å². The molecule has 2 aromatic carbocycles. The van der Waals surface area contributed by atoms with Gasteiger partial charge in [0.25, 0.3) is 5.91 Å². The zero-order chi connectivity index (χ0) is 17.6. The number of anilines is 1. The van der Waals surface area contributed by atoms with E-state index in [1.807, 2.05) is 30.3 Å². The molecule has 0 aliphatic carbocycles. The molecular formula is C17H15N5O3. The van der Waals surface area contributed by atoms with E-state index in [0.29, 0.717) is 11.4 Å². The number of rotatable bonds is 4. The summed E-state index contributed by atoms with van der Waals surface area (Å²) in [6, 6.07) is 10.5. The van der Waals surface area contributed by atoms with Gasteiger partial charge in [-0.25, -0.2) is 9.89 Å². The lowest BCUT2D eigenvalue weighted by Gasteiger charge is -2.24. The third kappa shape index (κ3) is 2.38. The molecule has 3 aromatic rings. The number of aromatic nitrogens is 3. The van der Waals surface area contributed by atoms with Crippen molar-refractivity contribution in [2.24, 2.45) is 0 Å². The third-order valence-corrected chi connectivity index (χ3v) is 4.34. The molecule has 0 unspecified atom stereocenters. The Morgan fingerprint density at radius 3 is 2.72 bits per heavy atom. The molecule has 8 nitrogen and oxygen atoms in total. The Hall–Kier alpha value is -3.42. The fourth-order valence-corrected chi connectivity index (χ4v) is 3.15. The van der Waals surface area contributed by atoms with Crippen molar-refractivity contribution in [3.8, 4) is 0 Å². The lowest BCUT2D eigenvalue weighted by Crippen LogP contribution is -2.46. The molecule has 1 aromatic heterocycles. The van der Waals surface area contributed by atoms with Crippen LogP contribution in [0.15, 0.2) is 41.2 Å². The SMILES string of the molecule is C[C@H](C(=O)NCc1n[nH]c(=O)[nH]1)N1C(=O)c2cccc3cccc1c23. The summed E-state index contributed by atoms with van der Waals surface area (Å²) >= 11 is 0. The van der Waals surface area contributed by atoms with Crippen molar-refractivity contribution in [1.82, 2.24) is 20.5 Å². The molecular weight excluding hydrogens is 322 g/mol. The summed E-state index contributed by atoms with van der Waals surface area (Å²) in [5, 5.41) is 10.5. The number of carbonyl (C=O) groups is 2. The molecule has 1 aliphatic heterocycles. The van der Waals surface area contributed by atoms with Gasteiger partial charge < -0.3 is 5.32 Å². The molecule has 1 atom stereocenters. The normalized spacial score (nSPS) is 14.1. The zero-order valence-corrected chi connectivity index (χ0v) is 13.4. The van der Waals surface area contributed by atoms with Gasteiger partial charge in [0.2, 0.25) is 5.91 Å². The molecule has 3 N–H and O–H groups in total. The Morgan fingerprint density at radius 1 is 1.24 bits per heavy atom. The van der Waals surface area contributed by atoms with E-state index in [9.17, 15) is 14.4 Å². The van der Waals surface area contributed by atoms with E-state index in [1.165, 1.54) is 4.90 Å². The third-order valence-electron chi connectivity index (χ3n) is 4.34. The van der Waals surface area contributed by atoms with Crippen LogP contribution in [0.3, 0.4) is 0 Å². The van der Waals surface area contributed by atoms with Gasteiger partial charge in [-0.15, -0.1) is 0 Å². The second-order valence-corrected chi connectivity index (χ2v) is 5.87. The van der Waals surface area contributed by atoms with Gasteiger partial charge in [0.15, 0.2) is 0 Å². The van der Waals surface area contributed by atoms with E-state index in [1.54, 1.807) is 13.0 Å². The van der Waals surface area contributed by atoms with Crippen LogP contribution in [0.5, 0.6) is 0 Å². The maximum Gasteiger partial charge on any atom is 0.340 e. The highest BCUT2D eigenvalue weighted by atomic mass is 16.2. The average molecular weight is 337 g/mol. The minimum atomic E-state index is -0.698. The second-order valence-electron chi connectivity index (χ2n) is 5.87. The Kier molecular flexibility index (Phi) is 3.38. The van der Waals surface area contributed by atoms with Crippen LogP contribution >= 0.6 is 0 Å². The maximum atomic E-state index is 12.8. The van der Waals surface area contributed by atoms with Gasteiger partial charge in [-0.05, 0) is 24.4 Å². The Labute approximate surface area is 141 Å².